The molecule has 2 saturated heterocycles. The number of nitrogens with one attached hydrogen (secondary N) is 2. The van der Waals surface area contributed by atoms with Gasteiger partial charge in [0.05, 0.1) is 18.1 Å². The van der Waals surface area contributed by atoms with Crippen molar-refractivity contribution >= 4 is 5.91 Å². The highest BCUT2D eigenvalue weighted by Crippen LogP contribution is 2.32. The number of hydrogen-bond donors (Lipinski definition) is 2. The van der Waals surface area contributed by atoms with Crippen molar-refractivity contribution < 1.29 is 9.53 Å². The van der Waals surface area contributed by atoms with Crippen LogP contribution in [0.3, 0.4) is 0 Å². The van der Waals surface area contributed by atoms with E-state index in [1.165, 1.54) is 0 Å². The fourth-order valence-electron chi connectivity index (χ4n) is 3.23. The smallest absolute Gasteiger partial charge is 0.226 e. The van der Waals surface area contributed by atoms with E-state index in [0.717, 1.165) is 19.5 Å². The number of rotatable bonds is 2. The quantitative estimate of drug-likeness (QED) is 0.777. The topological polar surface area (TPSA) is 50.4 Å². The maximum atomic E-state index is 12.4. The second-order valence-corrected chi connectivity index (χ2v) is 6.02. The summed E-state index contributed by atoms with van der Waals surface area (Å²) in [5.74, 6) is 0.991. The van der Waals surface area contributed by atoms with Gasteiger partial charge in [0, 0.05) is 6.04 Å². The molecule has 0 aromatic rings. The Morgan fingerprint density at radius 3 is 2.50 bits per heavy atom. The minimum absolute atomic E-state index is 0.00193. The van der Waals surface area contributed by atoms with E-state index >= 15 is 0 Å². The molecule has 0 bridgehead atoms. The van der Waals surface area contributed by atoms with Crippen molar-refractivity contribution in [1.82, 2.24) is 10.6 Å². The lowest BCUT2D eigenvalue weighted by molar-refractivity contribution is -0.128. The zero-order valence-electron chi connectivity index (χ0n) is 11.9. The third kappa shape index (κ3) is 2.69. The molecule has 0 aliphatic carbocycles. The Labute approximate surface area is 110 Å². The van der Waals surface area contributed by atoms with E-state index in [1.54, 1.807) is 0 Å². The Hall–Kier alpha value is -0.610. The number of amides is 1. The van der Waals surface area contributed by atoms with Crippen LogP contribution in [-0.2, 0) is 9.53 Å². The SMILES string of the molecule is CC1CNCCC1NC(=O)C1C(C)OC(C)C1C. The van der Waals surface area contributed by atoms with Crippen molar-refractivity contribution in [3.63, 3.8) is 0 Å². The Morgan fingerprint density at radius 2 is 1.94 bits per heavy atom. The molecule has 0 spiro atoms. The van der Waals surface area contributed by atoms with Crippen LogP contribution in [0.4, 0.5) is 0 Å². The third-order valence-corrected chi connectivity index (χ3v) is 4.66. The van der Waals surface area contributed by atoms with Crippen LogP contribution in [0.1, 0.15) is 34.1 Å². The zero-order chi connectivity index (χ0) is 13.3. The van der Waals surface area contributed by atoms with Crippen LogP contribution in [0.2, 0.25) is 0 Å². The monoisotopic (exact) mass is 254 g/mol. The van der Waals surface area contributed by atoms with Crippen molar-refractivity contribution in [3.8, 4) is 0 Å². The first-order valence-electron chi connectivity index (χ1n) is 7.17. The average molecular weight is 254 g/mol. The molecule has 6 atom stereocenters. The summed E-state index contributed by atoms with van der Waals surface area (Å²) in [6.07, 6.45) is 1.24. The Kier molecular flexibility index (Phi) is 4.28. The van der Waals surface area contributed by atoms with Crippen LogP contribution in [0.25, 0.3) is 0 Å². The van der Waals surface area contributed by atoms with E-state index in [2.05, 4.69) is 31.4 Å². The van der Waals surface area contributed by atoms with E-state index in [9.17, 15) is 4.79 Å². The number of carbonyl (C=O) groups excluding carboxylic acids is 1. The van der Waals surface area contributed by atoms with Gasteiger partial charge in [0.15, 0.2) is 0 Å². The highest BCUT2D eigenvalue weighted by molar-refractivity contribution is 5.80. The molecule has 0 saturated carbocycles. The standard InChI is InChI=1S/C14H26N2O2/c1-8-7-15-6-5-12(8)16-14(17)13-9(2)10(3)18-11(13)4/h8-13,15H,5-7H2,1-4H3,(H,16,17). The first kappa shape index (κ1) is 13.8. The minimum Gasteiger partial charge on any atom is -0.374 e. The van der Waals surface area contributed by atoms with Crippen molar-refractivity contribution in [2.45, 2.75) is 52.4 Å². The van der Waals surface area contributed by atoms with Gasteiger partial charge in [-0.05, 0) is 45.2 Å². The molecule has 2 aliphatic rings. The van der Waals surface area contributed by atoms with E-state index in [1.807, 2.05) is 6.92 Å². The van der Waals surface area contributed by atoms with Crippen molar-refractivity contribution in [2.75, 3.05) is 13.1 Å². The van der Waals surface area contributed by atoms with Gasteiger partial charge in [-0.15, -0.1) is 0 Å². The molecule has 2 rings (SSSR count). The third-order valence-electron chi connectivity index (χ3n) is 4.66. The van der Waals surface area contributed by atoms with E-state index in [0.29, 0.717) is 17.9 Å². The summed E-state index contributed by atoms with van der Waals surface area (Å²) in [6.45, 7) is 10.4. The van der Waals surface area contributed by atoms with Crippen LogP contribution in [0.5, 0.6) is 0 Å². The van der Waals surface area contributed by atoms with Crippen LogP contribution in [-0.4, -0.2) is 37.2 Å². The molecule has 0 aromatic carbocycles. The van der Waals surface area contributed by atoms with E-state index < -0.39 is 0 Å². The largest absolute Gasteiger partial charge is 0.374 e. The Balaban J connectivity index is 1.95. The summed E-state index contributed by atoms with van der Waals surface area (Å²) in [4.78, 5) is 12.4. The maximum absolute atomic E-state index is 12.4. The lowest BCUT2D eigenvalue weighted by atomic mass is 9.87. The van der Waals surface area contributed by atoms with Gasteiger partial charge < -0.3 is 15.4 Å². The Bertz CT molecular complexity index is 308. The normalized spacial score (nSPS) is 44.9. The highest BCUT2D eigenvalue weighted by atomic mass is 16.5. The molecule has 4 heteroatoms. The number of carbonyl (C=O) groups is 1. The van der Waals surface area contributed by atoms with Crippen LogP contribution in [0.15, 0.2) is 0 Å². The lowest BCUT2D eigenvalue weighted by Gasteiger charge is -2.32. The predicted octanol–water partition coefficient (Wildman–Crippen LogP) is 1.16. The fourth-order valence-corrected chi connectivity index (χ4v) is 3.23. The summed E-state index contributed by atoms with van der Waals surface area (Å²) in [5, 5.41) is 6.59. The first-order chi connectivity index (χ1) is 8.50. The lowest BCUT2D eigenvalue weighted by Crippen LogP contribution is -2.51. The van der Waals surface area contributed by atoms with Crippen molar-refractivity contribution in [3.05, 3.63) is 0 Å². The second-order valence-electron chi connectivity index (χ2n) is 6.02. The molecule has 6 unspecified atom stereocenters. The molecular formula is C14H26N2O2. The molecule has 2 aliphatic heterocycles. The Morgan fingerprint density at radius 1 is 1.22 bits per heavy atom. The van der Waals surface area contributed by atoms with Gasteiger partial charge in [-0.25, -0.2) is 0 Å². The average Bonchev–Trinajstić information content (AvgIpc) is 2.56. The molecule has 18 heavy (non-hydrogen) atoms. The van der Waals surface area contributed by atoms with Crippen LogP contribution >= 0.6 is 0 Å². The molecule has 1 amide bonds. The molecule has 0 radical (unpaired) electrons. The summed E-state index contributed by atoms with van der Waals surface area (Å²) in [7, 11) is 0. The maximum Gasteiger partial charge on any atom is 0.226 e. The van der Waals surface area contributed by atoms with Crippen LogP contribution < -0.4 is 10.6 Å². The van der Waals surface area contributed by atoms with Gasteiger partial charge in [0.1, 0.15) is 0 Å². The number of piperidine rings is 1. The molecule has 104 valence electrons. The van der Waals surface area contributed by atoms with E-state index in [-0.39, 0.29) is 24.0 Å². The van der Waals surface area contributed by atoms with Gasteiger partial charge in [0.25, 0.3) is 0 Å². The van der Waals surface area contributed by atoms with Gasteiger partial charge >= 0.3 is 0 Å². The summed E-state index contributed by atoms with van der Waals surface area (Å²) in [5.41, 5.74) is 0. The van der Waals surface area contributed by atoms with E-state index in [4.69, 9.17) is 4.74 Å². The summed E-state index contributed by atoms with van der Waals surface area (Å²) < 4.78 is 5.75. The predicted molar refractivity (Wildman–Crippen MR) is 71.2 cm³/mol. The highest BCUT2D eigenvalue weighted by Gasteiger charge is 2.42. The van der Waals surface area contributed by atoms with Gasteiger partial charge in [-0.1, -0.05) is 13.8 Å². The summed E-state index contributed by atoms with van der Waals surface area (Å²) in [6, 6.07) is 0.314. The molecular weight excluding hydrogens is 228 g/mol. The molecule has 2 N–H and O–H groups in total. The molecule has 0 aromatic heterocycles. The second kappa shape index (κ2) is 5.57. The zero-order valence-corrected chi connectivity index (χ0v) is 11.9. The molecule has 4 nitrogen and oxygen atoms in total. The van der Waals surface area contributed by atoms with Crippen LogP contribution in [0, 0.1) is 17.8 Å². The number of hydrogen-bond acceptors (Lipinski definition) is 3. The fraction of sp³-hybridized carbons (Fsp3) is 0.929. The van der Waals surface area contributed by atoms with Gasteiger partial charge in [-0.2, -0.15) is 0 Å². The van der Waals surface area contributed by atoms with Gasteiger partial charge in [-0.3, -0.25) is 4.79 Å². The van der Waals surface area contributed by atoms with Crippen molar-refractivity contribution in [1.29, 1.82) is 0 Å². The molecule has 2 heterocycles. The molecule has 2 fully saturated rings. The summed E-state index contributed by atoms with van der Waals surface area (Å²) >= 11 is 0. The van der Waals surface area contributed by atoms with Gasteiger partial charge in [0.2, 0.25) is 5.91 Å². The van der Waals surface area contributed by atoms with Crippen molar-refractivity contribution in [2.24, 2.45) is 17.8 Å². The first-order valence-corrected chi connectivity index (χ1v) is 7.17. The number of ether oxygens (including phenoxy) is 1. The minimum atomic E-state index is 0.00193.